The Hall–Kier alpha value is -2.68. The molecule has 2 heterocycles. The van der Waals surface area contributed by atoms with E-state index in [9.17, 15) is 18.7 Å². The molecule has 5 rings (SSSR count). The lowest BCUT2D eigenvalue weighted by molar-refractivity contribution is -0.136. The summed E-state index contributed by atoms with van der Waals surface area (Å²) in [6.07, 6.45) is 0.400. The van der Waals surface area contributed by atoms with Gasteiger partial charge in [-0.25, -0.2) is 8.78 Å². The standard InChI is InChI=1S/C29H33F2N3O2S/c1-32-23-14-20-13-22(24(16-21(20)15-23)26-7-12-37-33-26)18-29(36)8-10-34(11-9-29)27(35)17-25(28(30)31)19-5-3-2-4-6-19/h2-7,12-13,16,23,25,28,32,36H,8-11,14-15,17-18H2,1H3. The second kappa shape index (κ2) is 11.0. The molecule has 2 unspecified atom stereocenters. The Bertz CT molecular complexity index is 1210. The first-order valence-corrected chi connectivity index (χ1v) is 13.7. The molecule has 196 valence electrons. The molecule has 0 radical (unpaired) electrons. The second-order valence-electron chi connectivity index (χ2n) is 10.4. The normalized spacial score (nSPS) is 19.7. The summed E-state index contributed by atoms with van der Waals surface area (Å²) in [6.45, 7) is 0.720. The highest BCUT2D eigenvalue weighted by atomic mass is 32.1. The zero-order chi connectivity index (χ0) is 26.0. The number of aliphatic hydroxyl groups is 1. The summed E-state index contributed by atoms with van der Waals surface area (Å²) < 4.78 is 32.1. The third kappa shape index (κ3) is 5.76. The van der Waals surface area contributed by atoms with Gasteiger partial charge in [0.05, 0.1) is 17.2 Å². The number of aromatic nitrogens is 1. The minimum atomic E-state index is -2.61. The lowest BCUT2D eigenvalue weighted by atomic mass is 9.82. The van der Waals surface area contributed by atoms with Crippen molar-refractivity contribution in [2.45, 2.75) is 62.5 Å². The Labute approximate surface area is 220 Å². The van der Waals surface area contributed by atoms with Gasteiger partial charge in [-0.15, -0.1) is 0 Å². The van der Waals surface area contributed by atoms with Crippen molar-refractivity contribution >= 4 is 17.4 Å². The predicted molar refractivity (Wildman–Crippen MR) is 142 cm³/mol. The summed E-state index contributed by atoms with van der Waals surface area (Å²) in [5.74, 6) is -1.40. The van der Waals surface area contributed by atoms with E-state index in [2.05, 4.69) is 21.8 Å². The van der Waals surface area contributed by atoms with E-state index in [1.807, 2.05) is 18.5 Å². The molecule has 0 saturated carbocycles. The number of hydrogen-bond acceptors (Lipinski definition) is 5. The van der Waals surface area contributed by atoms with E-state index >= 15 is 0 Å². The molecule has 3 aromatic rings. The van der Waals surface area contributed by atoms with Crippen LogP contribution in [-0.2, 0) is 24.1 Å². The molecule has 8 heteroatoms. The summed E-state index contributed by atoms with van der Waals surface area (Å²) in [5.41, 5.74) is 5.21. The Morgan fingerprint density at radius 3 is 2.49 bits per heavy atom. The molecule has 2 atom stereocenters. The highest BCUT2D eigenvalue weighted by molar-refractivity contribution is 7.03. The molecule has 2 N–H and O–H groups in total. The minimum Gasteiger partial charge on any atom is -0.389 e. The number of carbonyl (C=O) groups is 1. The van der Waals surface area contributed by atoms with Crippen molar-refractivity contribution < 1.29 is 18.7 Å². The maximum absolute atomic E-state index is 13.8. The van der Waals surface area contributed by atoms with Crippen LogP contribution in [0.4, 0.5) is 8.78 Å². The average Bonchev–Trinajstić information content (AvgIpc) is 3.57. The van der Waals surface area contributed by atoms with E-state index in [1.165, 1.54) is 22.7 Å². The van der Waals surface area contributed by atoms with Crippen LogP contribution in [0.1, 0.15) is 47.4 Å². The quantitative estimate of drug-likeness (QED) is 0.442. The van der Waals surface area contributed by atoms with Crippen LogP contribution < -0.4 is 5.32 Å². The Morgan fingerprint density at radius 2 is 1.86 bits per heavy atom. The smallest absolute Gasteiger partial charge is 0.245 e. The van der Waals surface area contributed by atoms with Crippen LogP contribution in [0.2, 0.25) is 0 Å². The third-order valence-electron chi connectivity index (χ3n) is 7.97. The van der Waals surface area contributed by atoms with Crippen LogP contribution in [0.25, 0.3) is 11.3 Å². The van der Waals surface area contributed by atoms with Crippen molar-refractivity contribution in [3.63, 3.8) is 0 Å². The summed E-state index contributed by atoms with van der Waals surface area (Å²) >= 11 is 1.41. The molecule has 0 spiro atoms. The highest BCUT2D eigenvalue weighted by Gasteiger charge is 2.37. The largest absolute Gasteiger partial charge is 0.389 e. The number of rotatable bonds is 8. The van der Waals surface area contributed by atoms with Gasteiger partial charge >= 0.3 is 0 Å². The lowest BCUT2D eigenvalue weighted by Crippen LogP contribution is -2.48. The molecule has 1 aromatic heterocycles. The Balaban J connectivity index is 1.28. The first-order valence-electron chi connectivity index (χ1n) is 12.9. The molecule has 1 fully saturated rings. The lowest BCUT2D eigenvalue weighted by Gasteiger charge is -2.39. The summed E-state index contributed by atoms with van der Waals surface area (Å²) in [5, 5.41) is 16.9. The van der Waals surface area contributed by atoms with Gasteiger partial charge in [-0.3, -0.25) is 4.79 Å². The van der Waals surface area contributed by atoms with Crippen LogP contribution in [-0.4, -0.2) is 58.5 Å². The van der Waals surface area contributed by atoms with E-state index in [4.69, 9.17) is 0 Å². The summed E-state index contributed by atoms with van der Waals surface area (Å²) in [6, 6.07) is 15.4. The van der Waals surface area contributed by atoms with Crippen LogP contribution in [0, 0.1) is 0 Å². The fraction of sp³-hybridized carbons (Fsp3) is 0.448. The molecule has 37 heavy (non-hydrogen) atoms. The molecule has 5 nitrogen and oxygen atoms in total. The number of nitrogens with one attached hydrogen (secondary N) is 1. The van der Waals surface area contributed by atoms with Gasteiger partial charge in [-0.1, -0.05) is 36.4 Å². The SMILES string of the molecule is CNC1Cc2cc(CC3(O)CCN(C(=O)CC(c4ccccc4)C(F)F)CC3)c(-c3ccsn3)cc2C1. The third-order valence-corrected chi connectivity index (χ3v) is 8.53. The van der Waals surface area contributed by atoms with Crippen LogP contribution >= 0.6 is 11.5 Å². The van der Waals surface area contributed by atoms with Crippen LogP contribution in [0.3, 0.4) is 0 Å². The number of alkyl halides is 2. The van der Waals surface area contributed by atoms with Gasteiger partial charge in [0.1, 0.15) is 0 Å². The number of carbonyl (C=O) groups excluding carboxylic acids is 1. The molecule has 1 aliphatic heterocycles. The van der Waals surface area contributed by atoms with E-state index in [1.54, 1.807) is 35.2 Å². The number of halogens is 2. The van der Waals surface area contributed by atoms with E-state index in [-0.39, 0.29) is 12.3 Å². The van der Waals surface area contributed by atoms with Gasteiger partial charge in [0.15, 0.2) is 0 Å². The zero-order valence-electron chi connectivity index (χ0n) is 21.0. The first-order chi connectivity index (χ1) is 17.8. The molecule has 1 saturated heterocycles. The van der Waals surface area contributed by atoms with Crippen molar-refractivity contribution in [1.82, 2.24) is 14.6 Å². The molecular formula is C29H33F2N3O2S. The second-order valence-corrected chi connectivity index (χ2v) is 11.1. The van der Waals surface area contributed by atoms with Gasteiger partial charge < -0.3 is 15.3 Å². The predicted octanol–water partition coefficient (Wildman–Crippen LogP) is 4.83. The van der Waals surface area contributed by atoms with Crippen LogP contribution in [0.15, 0.2) is 53.9 Å². The zero-order valence-corrected chi connectivity index (χ0v) is 21.8. The first kappa shape index (κ1) is 25.9. The van der Waals surface area contributed by atoms with Gasteiger partial charge in [-0.2, -0.15) is 4.37 Å². The van der Waals surface area contributed by atoms with Gasteiger partial charge in [-0.05, 0) is 78.6 Å². The monoisotopic (exact) mass is 525 g/mol. The fourth-order valence-electron chi connectivity index (χ4n) is 5.74. The number of amides is 1. The van der Waals surface area contributed by atoms with Crippen molar-refractivity contribution in [3.8, 4) is 11.3 Å². The van der Waals surface area contributed by atoms with Crippen molar-refractivity contribution in [3.05, 3.63) is 76.2 Å². The molecule has 1 aliphatic carbocycles. The van der Waals surface area contributed by atoms with E-state index < -0.39 is 17.9 Å². The number of likely N-dealkylation sites (N-methyl/N-ethyl adjacent to an activating group) is 1. The topological polar surface area (TPSA) is 65.5 Å². The molecule has 2 aliphatic rings. The van der Waals surface area contributed by atoms with E-state index in [0.717, 1.165) is 29.7 Å². The summed E-state index contributed by atoms with van der Waals surface area (Å²) in [7, 11) is 1.99. The number of piperidine rings is 1. The van der Waals surface area contributed by atoms with E-state index in [0.29, 0.717) is 44.0 Å². The Morgan fingerprint density at radius 1 is 1.16 bits per heavy atom. The van der Waals surface area contributed by atoms with Crippen molar-refractivity contribution in [2.24, 2.45) is 0 Å². The van der Waals surface area contributed by atoms with Gasteiger partial charge in [0, 0.05) is 42.9 Å². The minimum absolute atomic E-state index is 0.231. The molecular weight excluding hydrogens is 492 g/mol. The molecule has 1 amide bonds. The summed E-state index contributed by atoms with van der Waals surface area (Å²) in [4.78, 5) is 14.6. The fourth-order valence-corrected chi connectivity index (χ4v) is 6.26. The molecule has 0 bridgehead atoms. The van der Waals surface area contributed by atoms with Crippen molar-refractivity contribution in [1.29, 1.82) is 0 Å². The number of benzene rings is 2. The highest BCUT2D eigenvalue weighted by Crippen LogP contribution is 2.36. The maximum Gasteiger partial charge on any atom is 0.245 e. The van der Waals surface area contributed by atoms with Crippen LogP contribution in [0.5, 0.6) is 0 Å². The van der Waals surface area contributed by atoms with Gasteiger partial charge in [0.25, 0.3) is 0 Å². The number of likely N-dealkylation sites (tertiary alicyclic amines) is 1. The average molecular weight is 526 g/mol. The number of hydrogen-bond donors (Lipinski definition) is 2. The maximum atomic E-state index is 13.8. The van der Waals surface area contributed by atoms with Gasteiger partial charge in [0.2, 0.25) is 12.3 Å². The number of fused-ring (bicyclic) bond motifs is 1. The molecule has 2 aromatic carbocycles. The number of nitrogens with zero attached hydrogens (tertiary/aromatic N) is 2. The van der Waals surface area contributed by atoms with Crippen molar-refractivity contribution in [2.75, 3.05) is 20.1 Å². The Kier molecular flexibility index (Phi) is 7.70.